The highest BCUT2D eigenvalue weighted by molar-refractivity contribution is 5.70. The van der Waals surface area contributed by atoms with Gasteiger partial charge in [-0.1, -0.05) is 160 Å². The molecule has 0 saturated carbocycles. The van der Waals surface area contributed by atoms with Gasteiger partial charge in [-0.2, -0.15) is 0 Å². The van der Waals surface area contributed by atoms with E-state index in [4.69, 9.17) is 14.2 Å². The molecule has 0 heterocycles. The number of ether oxygens (including phenoxy) is 3. The molecule has 0 saturated heterocycles. The van der Waals surface area contributed by atoms with Crippen LogP contribution in [0.2, 0.25) is 0 Å². The lowest BCUT2D eigenvalue weighted by Crippen LogP contribution is -2.55. The van der Waals surface area contributed by atoms with Gasteiger partial charge >= 0.3 is 11.9 Å². The first-order valence-electron chi connectivity index (χ1n) is 23.4. The quantitative estimate of drug-likeness (QED) is 0.0262. The molecule has 0 aromatic carbocycles. The Hall–Kier alpha value is -2.19. The predicted molar refractivity (Wildman–Crippen MR) is 231 cm³/mol. The molecule has 0 fully saturated rings. The van der Waals surface area contributed by atoms with E-state index in [1.54, 1.807) is 21.1 Å². The van der Waals surface area contributed by atoms with Crippen LogP contribution in [0.15, 0.2) is 24.3 Å². The van der Waals surface area contributed by atoms with Crippen molar-refractivity contribution in [1.82, 2.24) is 0 Å². The molecular formula is C48H89NO7. The highest BCUT2D eigenvalue weighted by Crippen LogP contribution is 2.15. The zero-order valence-electron chi connectivity index (χ0n) is 37.3. The maximum atomic E-state index is 12.7. The van der Waals surface area contributed by atoms with E-state index in [0.717, 1.165) is 57.8 Å². The Kier molecular flexibility index (Phi) is 38.1. The molecule has 2 atom stereocenters. The Bertz CT molecular complexity index is 973. The molecule has 0 N–H and O–H groups in total. The lowest BCUT2D eigenvalue weighted by Gasteiger charge is -2.34. The van der Waals surface area contributed by atoms with Crippen molar-refractivity contribution in [2.24, 2.45) is 0 Å². The number of hydrogen-bond acceptors (Lipinski definition) is 7. The molecule has 0 aliphatic rings. The minimum absolute atomic E-state index is 0.0372. The second kappa shape index (κ2) is 39.6. The van der Waals surface area contributed by atoms with Crippen molar-refractivity contribution in [3.05, 3.63) is 24.3 Å². The fraction of sp³-hybridized carbons (Fsp3) is 0.854. The summed E-state index contributed by atoms with van der Waals surface area (Å²) in [6.07, 6.45) is 43.6. The topological polar surface area (TPSA) is 102 Å². The summed E-state index contributed by atoms with van der Waals surface area (Å²) in [6, 6.07) is -0.725. The molecule has 56 heavy (non-hydrogen) atoms. The van der Waals surface area contributed by atoms with Gasteiger partial charge in [-0.25, -0.2) is 0 Å². The molecular weight excluding hydrogens is 703 g/mol. The second-order valence-corrected chi connectivity index (χ2v) is 17.0. The SMILES string of the molecule is CCCC/C=C/CCCCCCC(=O)OC(COCCC(C(=O)[O-])[N+](C)(C)C)COC(=O)CCCCCCCCC/C=C/CCCCCCCCCCCCC. The summed E-state index contributed by atoms with van der Waals surface area (Å²) in [6.45, 7) is 4.62. The van der Waals surface area contributed by atoms with Gasteiger partial charge < -0.3 is 28.6 Å². The fourth-order valence-corrected chi connectivity index (χ4v) is 6.87. The molecule has 328 valence electrons. The second-order valence-electron chi connectivity index (χ2n) is 17.0. The third-order valence-corrected chi connectivity index (χ3v) is 10.6. The van der Waals surface area contributed by atoms with E-state index in [1.165, 1.54) is 122 Å². The minimum Gasteiger partial charge on any atom is -0.544 e. The number of allylic oxidation sites excluding steroid dienone is 4. The van der Waals surface area contributed by atoms with Gasteiger partial charge in [0.1, 0.15) is 12.6 Å². The number of quaternary nitrogens is 1. The third kappa shape index (κ3) is 37.4. The van der Waals surface area contributed by atoms with E-state index < -0.39 is 18.1 Å². The van der Waals surface area contributed by atoms with Crippen molar-refractivity contribution in [2.75, 3.05) is 41.0 Å². The Morgan fingerprint density at radius 3 is 1.34 bits per heavy atom. The Labute approximate surface area is 345 Å². The zero-order valence-corrected chi connectivity index (χ0v) is 37.3. The molecule has 0 aromatic rings. The zero-order chi connectivity index (χ0) is 41.4. The maximum Gasteiger partial charge on any atom is 0.306 e. The van der Waals surface area contributed by atoms with Gasteiger partial charge in [0, 0.05) is 19.3 Å². The fourth-order valence-electron chi connectivity index (χ4n) is 6.87. The van der Waals surface area contributed by atoms with E-state index in [-0.39, 0.29) is 42.7 Å². The number of carboxylic acid groups (broad SMARTS) is 1. The van der Waals surface area contributed by atoms with E-state index in [2.05, 4.69) is 38.2 Å². The molecule has 0 spiro atoms. The smallest absolute Gasteiger partial charge is 0.306 e. The number of nitrogens with zero attached hydrogens (tertiary/aromatic N) is 1. The Morgan fingerprint density at radius 1 is 0.518 bits per heavy atom. The number of rotatable bonds is 42. The van der Waals surface area contributed by atoms with Gasteiger partial charge in [0.05, 0.1) is 40.3 Å². The van der Waals surface area contributed by atoms with Crippen molar-refractivity contribution in [2.45, 2.75) is 225 Å². The normalized spacial score (nSPS) is 13.1. The summed E-state index contributed by atoms with van der Waals surface area (Å²) in [5.41, 5.74) is 0. The summed E-state index contributed by atoms with van der Waals surface area (Å²) in [7, 11) is 5.40. The number of carbonyl (C=O) groups excluding carboxylic acids is 3. The monoisotopic (exact) mass is 792 g/mol. The number of aliphatic carboxylic acids is 1. The molecule has 0 aliphatic heterocycles. The third-order valence-electron chi connectivity index (χ3n) is 10.6. The molecule has 8 nitrogen and oxygen atoms in total. The molecule has 2 unspecified atom stereocenters. The molecule has 0 aromatic heterocycles. The van der Waals surface area contributed by atoms with Crippen LogP contribution in [0, 0.1) is 0 Å². The van der Waals surface area contributed by atoms with Crippen molar-refractivity contribution < 1.29 is 38.2 Å². The minimum atomic E-state index is -1.13. The average molecular weight is 792 g/mol. The van der Waals surface area contributed by atoms with Gasteiger partial charge in [-0.15, -0.1) is 0 Å². The predicted octanol–water partition coefficient (Wildman–Crippen LogP) is 11.5. The van der Waals surface area contributed by atoms with Gasteiger partial charge in [0.2, 0.25) is 0 Å². The number of carbonyl (C=O) groups is 3. The van der Waals surface area contributed by atoms with E-state index >= 15 is 0 Å². The molecule has 0 rings (SSSR count). The van der Waals surface area contributed by atoms with Crippen LogP contribution in [0.25, 0.3) is 0 Å². The Morgan fingerprint density at radius 2 is 0.911 bits per heavy atom. The van der Waals surface area contributed by atoms with Crippen LogP contribution in [-0.2, 0) is 28.6 Å². The van der Waals surface area contributed by atoms with Gasteiger partial charge in [0.15, 0.2) is 6.10 Å². The van der Waals surface area contributed by atoms with E-state index in [0.29, 0.717) is 12.8 Å². The molecule has 0 bridgehead atoms. The highest BCUT2D eigenvalue weighted by Gasteiger charge is 2.25. The highest BCUT2D eigenvalue weighted by atomic mass is 16.6. The molecule has 8 heteroatoms. The van der Waals surface area contributed by atoms with Crippen LogP contribution < -0.4 is 5.11 Å². The summed E-state index contributed by atoms with van der Waals surface area (Å²) in [5.74, 6) is -1.75. The standard InChI is InChI=1S/C48H89NO7/c1-6-8-10-12-14-16-18-19-20-21-22-23-24-25-26-27-28-29-31-32-34-36-38-46(50)55-43-44(42-54-41-40-45(48(52)53)49(3,4)5)56-47(51)39-37-35-33-30-17-15-13-11-9-7-2/h13,15,24-25,44-45H,6-12,14,16-23,26-43H2,1-5H3/b15-13+,25-24+. The van der Waals surface area contributed by atoms with Gasteiger partial charge in [-0.3, -0.25) is 9.59 Å². The molecule has 0 radical (unpaired) electrons. The van der Waals surface area contributed by atoms with Crippen LogP contribution in [0.3, 0.4) is 0 Å². The van der Waals surface area contributed by atoms with Crippen molar-refractivity contribution in [3.8, 4) is 0 Å². The molecule has 0 aliphatic carbocycles. The largest absolute Gasteiger partial charge is 0.544 e. The number of esters is 2. The van der Waals surface area contributed by atoms with Gasteiger partial charge in [0.25, 0.3) is 0 Å². The summed E-state index contributed by atoms with van der Waals surface area (Å²) < 4.78 is 17.1. The van der Waals surface area contributed by atoms with Crippen LogP contribution in [0.1, 0.15) is 213 Å². The maximum absolute atomic E-state index is 12.7. The number of likely N-dealkylation sites (N-methyl/N-ethyl adjacent to an activating group) is 1. The molecule has 0 amide bonds. The van der Waals surface area contributed by atoms with Gasteiger partial charge in [-0.05, 0) is 57.8 Å². The van der Waals surface area contributed by atoms with E-state index in [1.807, 2.05) is 0 Å². The number of hydrogen-bond donors (Lipinski definition) is 0. The van der Waals surface area contributed by atoms with Crippen LogP contribution in [-0.4, -0.2) is 75.5 Å². The average Bonchev–Trinajstić information content (AvgIpc) is 3.15. The van der Waals surface area contributed by atoms with Crippen molar-refractivity contribution >= 4 is 17.9 Å². The van der Waals surface area contributed by atoms with Crippen LogP contribution in [0.4, 0.5) is 0 Å². The summed E-state index contributed by atoms with van der Waals surface area (Å²) in [5, 5.41) is 11.6. The number of unbranched alkanes of at least 4 members (excludes halogenated alkanes) is 24. The summed E-state index contributed by atoms with van der Waals surface area (Å²) in [4.78, 5) is 36.8. The first kappa shape index (κ1) is 53.8. The Balaban J connectivity index is 4.18. The summed E-state index contributed by atoms with van der Waals surface area (Å²) >= 11 is 0. The van der Waals surface area contributed by atoms with Crippen LogP contribution in [0.5, 0.6) is 0 Å². The van der Waals surface area contributed by atoms with Crippen molar-refractivity contribution in [1.29, 1.82) is 0 Å². The first-order valence-corrected chi connectivity index (χ1v) is 23.4. The van der Waals surface area contributed by atoms with Crippen LogP contribution >= 0.6 is 0 Å². The number of carboxylic acids is 1. The van der Waals surface area contributed by atoms with E-state index in [9.17, 15) is 19.5 Å². The first-order chi connectivity index (χ1) is 27.1. The lowest BCUT2D eigenvalue weighted by molar-refractivity contribution is -0.889. The van der Waals surface area contributed by atoms with Crippen molar-refractivity contribution in [3.63, 3.8) is 0 Å². The lowest BCUT2D eigenvalue weighted by atomic mass is 10.0.